The highest BCUT2D eigenvalue weighted by molar-refractivity contribution is 5.81. The Balaban J connectivity index is 1.15. The van der Waals surface area contributed by atoms with Crippen LogP contribution in [0.3, 0.4) is 0 Å². The molecule has 236 valence electrons. The molecule has 7 rings (SSSR count). The normalized spacial score (nSPS) is 20.1. The molecule has 0 saturated carbocycles. The zero-order chi connectivity index (χ0) is 30.8. The lowest BCUT2D eigenvalue weighted by molar-refractivity contribution is 0.0981. The van der Waals surface area contributed by atoms with Gasteiger partial charge < -0.3 is 19.9 Å². The second-order valence-corrected chi connectivity index (χ2v) is 12.1. The number of ether oxygens (including phenoxy) is 1. The van der Waals surface area contributed by atoms with Crippen molar-refractivity contribution < 1.29 is 9.57 Å². The smallest absolute Gasteiger partial charge is 0.239 e. The minimum atomic E-state index is 0.0852. The highest BCUT2D eigenvalue weighted by Gasteiger charge is 2.31. The highest BCUT2D eigenvalue weighted by Crippen LogP contribution is 2.39. The number of likely N-dealkylation sites (N-methyl/N-ethyl adjacent to an activating group) is 1. The van der Waals surface area contributed by atoms with Gasteiger partial charge >= 0.3 is 0 Å². The van der Waals surface area contributed by atoms with Crippen LogP contribution in [0, 0.1) is 0 Å². The van der Waals surface area contributed by atoms with E-state index in [9.17, 15) is 0 Å². The summed E-state index contributed by atoms with van der Waals surface area (Å²) in [5, 5.41) is 9.82. The molecule has 12 nitrogen and oxygen atoms in total. The third kappa shape index (κ3) is 6.31. The maximum absolute atomic E-state index is 6.03. The molecule has 0 bridgehead atoms. The summed E-state index contributed by atoms with van der Waals surface area (Å²) >= 11 is 0. The summed E-state index contributed by atoms with van der Waals surface area (Å²) in [4.78, 5) is 27.7. The van der Waals surface area contributed by atoms with Gasteiger partial charge in [-0.2, -0.15) is 10.1 Å². The van der Waals surface area contributed by atoms with Gasteiger partial charge in [0.1, 0.15) is 23.7 Å². The van der Waals surface area contributed by atoms with Gasteiger partial charge in [-0.05, 0) is 31.5 Å². The van der Waals surface area contributed by atoms with Crippen LogP contribution < -0.4 is 20.0 Å². The molecule has 0 aliphatic carbocycles. The summed E-state index contributed by atoms with van der Waals surface area (Å²) in [5.74, 6) is 2.75. The highest BCUT2D eigenvalue weighted by atomic mass is 16.7. The largest absolute Gasteiger partial charge is 0.479 e. The van der Waals surface area contributed by atoms with Crippen molar-refractivity contribution in [1.82, 2.24) is 34.5 Å². The average molecular weight is 611 g/mol. The fourth-order valence-electron chi connectivity index (χ4n) is 6.72. The van der Waals surface area contributed by atoms with Crippen molar-refractivity contribution >= 4 is 23.1 Å². The molecule has 3 saturated heterocycles. The molecule has 0 radical (unpaired) electrons. The Bertz CT molecular complexity index is 1580. The second-order valence-electron chi connectivity index (χ2n) is 12.1. The molecule has 1 atom stereocenters. The van der Waals surface area contributed by atoms with E-state index in [1.165, 1.54) is 5.56 Å². The number of piperidine rings is 1. The van der Waals surface area contributed by atoms with Gasteiger partial charge in [0, 0.05) is 82.2 Å². The summed E-state index contributed by atoms with van der Waals surface area (Å²) in [6, 6.07) is 15.1. The van der Waals surface area contributed by atoms with Gasteiger partial charge in [0.15, 0.2) is 5.82 Å². The molecule has 3 aliphatic rings. The number of methoxy groups -OCH3 is 1. The molecule has 3 aliphatic heterocycles. The SMILES string of the molecule is COc1nc(N2CCC(N3CCN(C)CC3)CC2)c(-c2cnn(C)c2)cc1Nc1cc(N2OCCC2c2ccccc2)ncn1. The first kappa shape index (κ1) is 29.5. The molecule has 6 heterocycles. The lowest BCUT2D eigenvalue weighted by Crippen LogP contribution is -2.52. The van der Waals surface area contributed by atoms with Crippen LogP contribution >= 0.6 is 0 Å². The van der Waals surface area contributed by atoms with E-state index >= 15 is 0 Å². The molecule has 1 aromatic carbocycles. The lowest BCUT2D eigenvalue weighted by atomic mass is 10.0. The van der Waals surface area contributed by atoms with Crippen molar-refractivity contribution in [3.05, 3.63) is 66.7 Å². The van der Waals surface area contributed by atoms with E-state index in [0.29, 0.717) is 30.2 Å². The topological polar surface area (TPSA) is 99.9 Å². The minimum Gasteiger partial charge on any atom is -0.479 e. The van der Waals surface area contributed by atoms with Crippen molar-refractivity contribution in [1.29, 1.82) is 0 Å². The summed E-state index contributed by atoms with van der Waals surface area (Å²) in [5.41, 5.74) is 3.93. The zero-order valence-corrected chi connectivity index (χ0v) is 26.3. The predicted octanol–water partition coefficient (Wildman–Crippen LogP) is 4.12. The number of hydrogen-bond acceptors (Lipinski definition) is 11. The number of piperazine rings is 1. The number of rotatable bonds is 8. The number of anilines is 4. The van der Waals surface area contributed by atoms with Crippen LogP contribution in [-0.2, 0) is 11.9 Å². The molecule has 4 aromatic rings. The number of aromatic nitrogens is 5. The van der Waals surface area contributed by atoms with Crippen LogP contribution in [0.4, 0.5) is 23.1 Å². The van der Waals surface area contributed by atoms with Crippen LogP contribution in [0.1, 0.15) is 30.9 Å². The molecular weight excluding hydrogens is 568 g/mol. The van der Waals surface area contributed by atoms with Crippen LogP contribution in [0.15, 0.2) is 61.2 Å². The molecule has 1 unspecified atom stereocenters. The third-order valence-corrected chi connectivity index (χ3v) is 9.23. The average Bonchev–Trinajstić information content (AvgIpc) is 3.75. The Labute approximate surface area is 264 Å². The van der Waals surface area contributed by atoms with Crippen LogP contribution in [0.2, 0.25) is 0 Å². The van der Waals surface area contributed by atoms with Crippen LogP contribution in [0.25, 0.3) is 11.1 Å². The van der Waals surface area contributed by atoms with Crippen molar-refractivity contribution in [2.24, 2.45) is 7.05 Å². The number of hydrogen-bond donors (Lipinski definition) is 1. The van der Waals surface area contributed by atoms with E-state index < -0.39 is 0 Å². The Kier molecular flexibility index (Phi) is 8.51. The first-order chi connectivity index (χ1) is 22.1. The van der Waals surface area contributed by atoms with Crippen molar-refractivity contribution in [3.8, 4) is 17.0 Å². The standard InChI is InChI=1S/C33H42N10O2/c1-39-14-16-41(17-15-39)26-9-12-42(13-10-26)32-27(25-21-36-40(2)22-25)19-28(33(38-32)44-3)37-30-20-31(35-23-34-30)43-29(11-18-45-43)24-7-5-4-6-8-24/h4-8,19-23,26,29H,9-18H2,1-3H3,(H,34,35,37). The van der Waals surface area contributed by atoms with E-state index in [0.717, 1.165) is 81.2 Å². The number of nitrogens with one attached hydrogen (secondary N) is 1. The molecule has 3 aromatic heterocycles. The zero-order valence-electron chi connectivity index (χ0n) is 26.3. The first-order valence-corrected chi connectivity index (χ1v) is 15.9. The van der Waals surface area contributed by atoms with Gasteiger partial charge in [-0.15, -0.1) is 0 Å². The Morgan fingerprint density at radius 3 is 2.47 bits per heavy atom. The van der Waals surface area contributed by atoms with E-state index in [2.05, 4.69) is 72.5 Å². The van der Waals surface area contributed by atoms with Gasteiger partial charge in [-0.3, -0.25) is 14.4 Å². The molecule has 45 heavy (non-hydrogen) atoms. The van der Waals surface area contributed by atoms with Crippen molar-refractivity contribution in [3.63, 3.8) is 0 Å². The van der Waals surface area contributed by atoms with E-state index in [1.807, 2.05) is 41.3 Å². The maximum atomic E-state index is 6.03. The predicted molar refractivity (Wildman–Crippen MR) is 175 cm³/mol. The molecule has 0 spiro atoms. The Morgan fingerprint density at radius 1 is 0.933 bits per heavy atom. The quantitative estimate of drug-likeness (QED) is 0.312. The molecule has 0 amide bonds. The molecular formula is C33H42N10O2. The Hall–Kier alpha value is -4.26. The van der Waals surface area contributed by atoms with Gasteiger partial charge in [-0.25, -0.2) is 15.0 Å². The number of nitrogens with zero attached hydrogens (tertiary/aromatic N) is 9. The second kappa shape index (κ2) is 13.0. The molecule has 3 fully saturated rings. The fraction of sp³-hybridized carbons (Fsp3) is 0.455. The van der Waals surface area contributed by atoms with E-state index in [1.54, 1.807) is 13.4 Å². The summed E-state index contributed by atoms with van der Waals surface area (Å²) in [6.45, 7) is 7.11. The van der Waals surface area contributed by atoms with Gasteiger partial charge in [0.05, 0.1) is 26.0 Å². The van der Waals surface area contributed by atoms with Gasteiger partial charge in [0.25, 0.3) is 0 Å². The minimum absolute atomic E-state index is 0.0852. The number of hydroxylamine groups is 1. The molecule has 1 N–H and O–H groups in total. The summed E-state index contributed by atoms with van der Waals surface area (Å²) in [6.07, 6.45) is 8.61. The van der Waals surface area contributed by atoms with Crippen LogP contribution in [-0.4, -0.2) is 101 Å². The molecule has 12 heteroatoms. The van der Waals surface area contributed by atoms with E-state index in [4.69, 9.17) is 14.6 Å². The van der Waals surface area contributed by atoms with Gasteiger partial charge in [0.2, 0.25) is 5.88 Å². The van der Waals surface area contributed by atoms with Crippen LogP contribution in [0.5, 0.6) is 5.88 Å². The number of pyridine rings is 1. The van der Waals surface area contributed by atoms with Gasteiger partial charge in [-0.1, -0.05) is 30.3 Å². The van der Waals surface area contributed by atoms with Crippen molar-refractivity contribution in [2.75, 3.05) is 75.3 Å². The number of aryl methyl sites for hydroxylation is 1. The Morgan fingerprint density at radius 2 is 1.73 bits per heavy atom. The van der Waals surface area contributed by atoms with E-state index in [-0.39, 0.29) is 6.04 Å². The first-order valence-electron chi connectivity index (χ1n) is 15.9. The summed E-state index contributed by atoms with van der Waals surface area (Å²) < 4.78 is 7.69. The maximum Gasteiger partial charge on any atom is 0.239 e. The monoisotopic (exact) mass is 610 g/mol. The fourth-order valence-corrected chi connectivity index (χ4v) is 6.72. The van der Waals surface area contributed by atoms with Crippen molar-refractivity contribution in [2.45, 2.75) is 31.3 Å². The lowest BCUT2D eigenvalue weighted by Gasteiger charge is -2.42. The third-order valence-electron chi connectivity index (χ3n) is 9.23. The summed E-state index contributed by atoms with van der Waals surface area (Å²) in [7, 11) is 5.81. The number of benzene rings is 1.